The van der Waals surface area contributed by atoms with Crippen LogP contribution in [0.25, 0.3) is 10.8 Å². The Bertz CT molecular complexity index is 1040. The Hall–Kier alpha value is -1.96. The zero-order chi connectivity index (χ0) is 21.5. The van der Waals surface area contributed by atoms with Crippen LogP contribution in [0.3, 0.4) is 0 Å². The molecular weight excluding hydrogens is 398 g/mol. The summed E-state index contributed by atoms with van der Waals surface area (Å²) in [5.74, 6) is -0.0852. The van der Waals surface area contributed by atoms with E-state index in [4.69, 9.17) is 0 Å². The summed E-state index contributed by atoms with van der Waals surface area (Å²) < 4.78 is 28.6. The number of likely N-dealkylation sites (tertiary alicyclic amines) is 2. The van der Waals surface area contributed by atoms with Crippen molar-refractivity contribution in [3.8, 4) is 0 Å². The first kappa shape index (κ1) is 21.3. The van der Waals surface area contributed by atoms with E-state index in [-0.39, 0.29) is 16.8 Å². The Morgan fingerprint density at radius 3 is 2.33 bits per heavy atom. The van der Waals surface area contributed by atoms with E-state index >= 15 is 0 Å². The van der Waals surface area contributed by atoms with Crippen molar-refractivity contribution < 1.29 is 13.2 Å². The molecule has 2 aromatic carbocycles. The summed E-state index contributed by atoms with van der Waals surface area (Å²) >= 11 is 0. The van der Waals surface area contributed by atoms with Crippen LogP contribution in [0.2, 0.25) is 0 Å². The minimum absolute atomic E-state index is 0.0852. The quantitative estimate of drug-likeness (QED) is 0.794. The lowest BCUT2D eigenvalue weighted by Crippen LogP contribution is -2.49. The molecule has 0 aromatic heterocycles. The summed E-state index contributed by atoms with van der Waals surface area (Å²) in [6.45, 7) is 8.99. The van der Waals surface area contributed by atoms with Crippen LogP contribution >= 0.6 is 0 Å². The number of piperidine rings is 1. The Morgan fingerprint density at radius 2 is 1.63 bits per heavy atom. The predicted octanol–water partition coefficient (Wildman–Crippen LogP) is 2.90. The molecule has 0 bridgehead atoms. The Labute approximate surface area is 179 Å². The van der Waals surface area contributed by atoms with Gasteiger partial charge in [0.25, 0.3) is 0 Å². The van der Waals surface area contributed by atoms with Gasteiger partial charge in [-0.3, -0.25) is 4.79 Å². The van der Waals surface area contributed by atoms with Gasteiger partial charge in [-0.2, -0.15) is 4.72 Å². The number of hydrogen-bond acceptors (Lipinski definition) is 4. The van der Waals surface area contributed by atoms with E-state index in [1.807, 2.05) is 36.1 Å². The van der Waals surface area contributed by atoms with Gasteiger partial charge in [0, 0.05) is 31.7 Å². The normalized spacial score (nSPS) is 21.8. The van der Waals surface area contributed by atoms with E-state index in [2.05, 4.69) is 23.5 Å². The van der Waals surface area contributed by atoms with E-state index in [1.165, 1.54) is 0 Å². The third kappa shape index (κ3) is 4.24. The van der Waals surface area contributed by atoms with Crippen molar-refractivity contribution in [3.05, 3.63) is 42.0 Å². The smallest absolute Gasteiger partial charge is 0.241 e. The molecule has 1 N–H and O–H groups in total. The lowest BCUT2D eigenvalue weighted by molar-refractivity contribution is -0.131. The van der Waals surface area contributed by atoms with Gasteiger partial charge in [0.15, 0.2) is 0 Å². The van der Waals surface area contributed by atoms with Crippen LogP contribution in [0.1, 0.15) is 38.7 Å². The minimum Gasteiger partial charge on any atom is -0.338 e. The van der Waals surface area contributed by atoms with Crippen LogP contribution < -0.4 is 4.72 Å². The summed E-state index contributed by atoms with van der Waals surface area (Å²) in [5, 5.41) is 1.88. The molecule has 6 nitrogen and oxygen atoms in total. The number of aryl methyl sites for hydroxylation is 1. The van der Waals surface area contributed by atoms with Crippen LogP contribution in [0, 0.1) is 6.92 Å². The van der Waals surface area contributed by atoms with E-state index in [0.29, 0.717) is 19.0 Å². The molecule has 1 atom stereocenters. The molecule has 0 aliphatic carbocycles. The predicted molar refractivity (Wildman–Crippen MR) is 119 cm³/mol. The topological polar surface area (TPSA) is 69.7 Å². The summed E-state index contributed by atoms with van der Waals surface area (Å²) in [4.78, 5) is 17.5. The first-order valence-corrected chi connectivity index (χ1v) is 12.3. The molecule has 1 amide bonds. The number of nitrogens with zero attached hydrogens (tertiary/aromatic N) is 2. The Balaban J connectivity index is 1.44. The molecule has 2 aliphatic rings. The van der Waals surface area contributed by atoms with Crippen LogP contribution in [-0.2, 0) is 14.8 Å². The number of benzene rings is 2. The maximum Gasteiger partial charge on any atom is 0.241 e. The van der Waals surface area contributed by atoms with Gasteiger partial charge in [0.1, 0.15) is 6.04 Å². The van der Waals surface area contributed by atoms with E-state index in [9.17, 15) is 13.2 Å². The van der Waals surface area contributed by atoms with Gasteiger partial charge < -0.3 is 9.80 Å². The molecule has 0 saturated carbocycles. The van der Waals surface area contributed by atoms with Crippen LogP contribution in [0.5, 0.6) is 0 Å². The molecule has 4 rings (SSSR count). The number of amides is 1. The minimum atomic E-state index is -3.76. The second kappa shape index (κ2) is 8.29. The average molecular weight is 430 g/mol. The van der Waals surface area contributed by atoms with Crippen molar-refractivity contribution in [1.29, 1.82) is 0 Å². The highest BCUT2D eigenvalue weighted by molar-refractivity contribution is 7.89. The third-order valence-electron chi connectivity index (χ3n) is 6.48. The molecule has 2 fully saturated rings. The number of fused-ring (bicyclic) bond motifs is 1. The van der Waals surface area contributed by atoms with Crippen molar-refractivity contribution in [2.75, 3.05) is 19.6 Å². The number of hydrogen-bond donors (Lipinski definition) is 1. The van der Waals surface area contributed by atoms with Gasteiger partial charge in [-0.25, -0.2) is 8.42 Å². The maximum atomic E-state index is 13.0. The van der Waals surface area contributed by atoms with Crippen molar-refractivity contribution in [3.63, 3.8) is 0 Å². The first-order valence-electron chi connectivity index (χ1n) is 10.8. The summed E-state index contributed by atoms with van der Waals surface area (Å²) in [5.41, 5.74) is 1.13. The van der Waals surface area contributed by atoms with Crippen molar-refractivity contribution >= 4 is 26.7 Å². The molecule has 2 aliphatic heterocycles. The highest BCUT2D eigenvalue weighted by Gasteiger charge is 2.39. The largest absolute Gasteiger partial charge is 0.338 e. The Kier molecular flexibility index (Phi) is 5.88. The molecule has 2 saturated heterocycles. The van der Waals surface area contributed by atoms with Crippen LogP contribution in [-0.4, -0.2) is 61.9 Å². The average Bonchev–Trinajstić information content (AvgIpc) is 3.07. The number of rotatable bonds is 5. The zero-order valence-corrected chi connectivity index (χ0v) is 18.8. The first-order chi connectivity index (χ1) is 14.2. The van der Waals surface area contributed by atoms with Crippen LogP contribution in [0.4, 0.5) is 0 Å². The highest BCUT2D eigenvalue weighted by atomic mass is 32.2. The van der Waals surface area contributed by atoms with E-state index < -0.39 is 16.1 Å². The number of carbonyl (C=O) groups excluding carboxylic acids is 1. The number of sulfonamides is 1. The fraction of sp³-hybridized carbons (Fsp3) is 0.522. The summed E-state index contributed by atoms with van der Waals surface area (Å²) in [6, 6.07) is 11.1. The molecule has 30 heavy (non-hydrogen) atoms. The molecule has 2 aromatic rings. The molecule has 2 heterocycles. The van der Waals surface area contributed by atoms with Gasteiger partial charge in [-0.15, -0.1) is 0 Å². The molecule has 162 valence electrons. The second-order valence-electron chi connectivity index (χ2n) is 8.87. The summed E-state index contributed by atoms with van der Waals surface area (Å²) in [6.07, 6.45) is 2.43. The standard InChI is InChI=1S/C23H31N3O3S/c1-16(2)25-11-8-20(9-12-25)26-13-10-22(23(26)27)24-30(28,29)21-7-6-18-14-17(3)4-5-19(18)15-21/h4-7,14-16,20,22,24H,8-13H2,1-3H3/t22-/m0/s1. The van der Waals surface area contributed by atoms with Crippen molar-refractivity contribution in [1.82, 2.24) is 14.5 Å². The maximum absolute atomic E-state index is 13.0. The number of carbonyl (C=O) groups is 1. The van der Waals surface area contributed by atoms with Gasteiger partial charge in [0.2, 0.25) is 15.9 Å². The molecule has 7 heteroatoms. The van der Waals surface area contributed by atoms with Gasteiger partial charge in [-0.1, -0.05) is 29.8 Å². The number of nitrogens with one attached hydrogen (secondary N) is 1. The lowest BCUT2D eigenvalue weighted by atomic mass is 10.0. The van der Waals surface area contributed by atoms with Crippen molar-refractivity contribution in [2.24, 2.45) is 0 Å². The van der Waals surface area contributed by atoms with Crippen molar-refractivity contribution in [2.45, 2.75) is 63.1 Å². The van der Waals surface area contributed by atoms with E-state index in [0.717, 1.165) is 42.3 Å². The van der Waals surface area contributed by atoms with E-state index in [1.54, 1.807) is 12.1 Å². The molecule has 0 unspecified atom stereocenters. The SMILES string of the molecule is Cc1ccc2cc(S(=O)(=O)N[C@H]3CCN(C4CCN(C(C)C)CC4)C3=O)ccc2c1. The molecule has 0 radical (unpaired) electrons. The van der Waals surface area contributed by atoms with Gasteiger partial charge in [0.05, 0.1) is 4.90 Å². The Morgan fingerprint density at radius 1 is 0.967 bits per heavy atom. The molecule has 0 spiro atoms. The summed E-state index contributed by atoms with van der Waals surface area (Å²) in [7, 11) is -3.76. The van der Waals surface area contributed by atoms with Crippen LogP contribution in [0.15, 0.2) is 41.3 Å². The zero-order valence-electron chi connectivity index (χ0n) is 18.0. The highest BCUT2D eigenvalue weighted by Crippen LogP contribution is 2.25. The third-order valence-corrected chi connectivity index (χ3v) is 7.95. The fourth-order valence-corrected chi connectivity index (χ4v) is 5.91. The van der Waals surface area contributed by atoms with Gasteiger partial charge in [-0.05, 0) is 62.9 Å². The monoisotopic (exact) mass is 429 g/mol. The molecular formula is C23H31N3O3S. The lowest BCUT2D eigenvalue weighted by Gasteiger charge is -2.38. The van der Waals surface area contributed by atoms with Gasteiger partial charge >= 0.3 is 0 Å². The fourth-order valence-electron chi connectivity index (χ4n) is 4.65. The second-order valence-corrected chi connectivity index (χ2v) is 10.6.